The second-order valence-electron chi connectivity index (χ2n) is 4.04. The fraction of sp³-hybridized carbons (Fsp3) is 0.692. The summed E-state index contributed by atoms with van der Waals surface area (Å²) >= 11 is 0. The summed E-state index contributed by atoms with van der Waals surface area (Å²) in [5, 5.41) is 0. The fourth-order valence-electron chi connectivity index (χ4n) is 1.62. The van der Waals surface area contributed by atoms with Crippen LogP contribution in [0.5, 0.6) is 0 Å². The number of allylic oxidation sites excluding steroid dienone is 4. The first-order valence-electron chi connectivity index (χ1n) is 5.42. The van der Waals surface area contributed by atoms with Crippen LogP contribution in [0.1, 0.15) is 47.5 Å². The maximum Gasteiger partial charge on any atom is -0.0230 e. The van der Waals surface area contributed by atoms with Crippen molar-refractivity contribution in [2.45, 2.75) is 47.5 Å². The zero-order chi connectivity index (χ0) is 10.3. The van der Waals surface area contributed by atoms with Gasteiger partial charge >= 0.3 is 0 Å². The van der Waals surface area contributed by atoms with Crippen LogP contribution in [0.15, 0.2) is 23.8 Å². The van der Waals surface area contributed by atoms with Crippen LogP contribution in [0.2, 0.25) is 0 Å². The van der Waals surface area contributed by atoms with Crippen LogP contribution in [0.4, 0.5) is 0 Å². The van der Waals surface area contributed by atoms with Crippen molar-refractivity contribution in [1.82, 2.24) is 0 Å². The molecule has 0 aliphatic heterocycles. The minimum absolute atomic E-state index is 0.705. The van der Waals surface area contributed by atoms with Crippen LogP contribution in [0.25, 0.3) is 0 Å². The summed E-state index contributed by atoms with van der Waals surface area (Å²) in [7, 11) is 0. The van der Waals surface area contributed by atoms with Gasteiger partial charge in [-0.05, 0) is 25.7 Å². The highest BCUT2D eigenvalue weighted by molar-refractivity contribution is 5.16. The second-order valence-corrected chi connectivity index (χ2v) is 4.04. The highest BCUT2D eigenvalue weighted by Crippen LogP contribution is 2.19. The Kier molecular flexibility index (Phi) is 6.66. The van der Waals surface area contributed by atoms with Gasteiger partial charge < -0.3 is 0 Å². The molecule has 0 heterocycles. The average molecular weight is 180 g/mol. The molecule has 76 valence electrons. The summed E-state index contributed by atoms with van der Waals surface area (Å²) in [4.78, 5) is 0. The zero-order valence-electron chi connectivity index (χ0n) is 9.80. The third-order valence-corrected chi connectivity index (χ3v) is 2.60. The number of rotatable bonds is 5. The third-order valence-electron chi connectivity index (χ3n) is 2.60. The van der Waals surface area contributed by atoms with E-state index in [1.807, 2.05) is 0 Å². The van der Waals surface area contributed by atoms with Crippen LogP contribution in [-0.4, -0.2) is 0 Å². The van der Waals surface area contributed by atoms with Crippen LogP contribution < -0.4 is 0 Å². The van der Waals surface area contributed by atoms with Gasteiger partial charge in [-0.25, -0.2) is 0 Å². The van der Waals surface area contributed by atoms with Gasteiger partial charge in [0.25, 0.3) is 0 Å². The summed E-state index contributed by atoms with van der Waals surface area (Å²) in [6.07, 6.45) is 9.28. The molecular weight excluding hydrogens is 156 g/mol. The van der Waals surface area contributed by atoms with Crippen LogP contribution >= 0.6 is 0 Å². The molecule has 0 spiro atoms. The molecule has 0 saturated carbocycles. The van der Waals surface area contributed by atoms with Gasteiger partial charge in [0.2, 0.25) is 0 Å². The Hall–Kier alpha value is -0.520. The lowest BCUT2D eigenvalue weighted by Crippen LogP contribution is -2.04. The van der Waals surface area contributed by atoms with E-state index in [0.717, 1.165) is 5.92 Å². The summed E-state index contributed by atoms with van der Waals surface area (Å²) in [5.74, 6) is 1.52. The van der Waals surface area contributed by atoms with Crippen molar-refractivity contribution in [2.24, 2.45) is 11.8 Å². The van der Waals surface area contributed by atoms with Crippen LogP contribution in [-0.2, 0) is 0 Å². The molecule has 0 aromatic rings. The quantitative estimate of drug-likeness (QED) is 0.543. The Balaban J connectivity index is 4.10. The molecular formula is C13H24. The van der Waals surface area contributed by atoms with Gasteiger partial charge in [-0.3, -0.25) is 0 Å². The minimum atomic E-state index is 0.705. The molecule has 2 atom stereocenters. The normalized spacial score (nSPS) is 17.8. The van der Waals surface area contributed by atoms with E-state index in [-0.39, 0.29) is 0 Å². The van der Waals surface area contributed by atoms with Gasteiger partial charge in [0.15, 0.2) is 0 Å². The lowest BCUT2D eigenvalue weighted by molar-refractivity contribution is 0.422. The number of hydrogen-bond donors (Lipinski definition) is 0. The highest BCUT2D eigenvalue weighted by atomic mass is 14.1. The standard InChI is InChI=1S/C13H24/c1-6-8-11(3)10-13(5)12(4)9-7-2/h6,8,10,12-13H,7,9H2,1-5H3/b8-6-,11-10+/t12-,13-/m0/s1. The Morgan fingerprint density at radius 1 is 1.31 bits per heavy atom. The Bertz CT molecular complexity index is 174. The molecule has 0 saturated heterocycles. The summed E-state index contributed by atoms with van der Waals surface area (Å²) in [5.41, 5.74) is 1.39. The van der Waals surface area contributed by atoms with Crippen molar-refractivity contribution < 1.29 is 0 Å². The maximum absolute atomic E-state index is 2.38. The van der Waals surface area contributed by atoms with Crippen molar-refractivity contribution in [3.05, 3.63) is 23.8 Å². The van der Waals surface area contributed by atoms with Gasteiger partial charge in [0, 0.05) is 0 Å². The highest BCUT2D eigenvalue weighted by Gasteiger charge is 2.07. The van der Waals surface area contributed by atoms with Gasteiger partial charge in [-0.1, -0.05) is 57.4 Å². The fourth-order valence-corrected chi connectivity index (χ4v) is 1.62. The van der Waals surface area contributed by atoms with E-state index in [4.69, 9.17) is 0 Å². The largest absolute Gasteiger partial charge is 0.0874 e. The average Bonchev–Trinajstić information content (AvgIpc) is 2.05. The van der Waals surface area contributed by atoms with Crippen molar-refractivity contribution in [1.29, 1.82) is 0 Å². The lowest BCUT2D eigenvalue weighted by atomic mass is 9.90. The molecule has 0 aromatic carbocycles. The molecule has 0 radical (unpaired) electrons. The molecule has 0 nitrogen and oxygen atoms in total. The van der Waals surface area contributed by atoms with E-state index >= 15 is 0 Å². The molecule has 0 heteroatoms. The first-order chi connectivity index (χ1) is 6.11. The van der Waals surface area contributed by atoms with Gasteiger partial charge in [0.05, 0.1) is 0 Å². The van der Waals surface area contributed by atoms with Crippen molar-refractivity contribution in [3.8, 4) is 0 Å². The Labute approximate surface area is 83.7 Å². The van der Waals surface area contributed by atoms with Crippen LogP contribution in [0.3, 0.4) is 0 Å². The molecule has 0 aromatic heterocycles. The predicted octanol–water partition coefficient (Wildman–Crippen LogP) is 4.58. The second kappa shape index (κ2) is 6.94. The van der Waals surface area contributed by atoms with Crippen molar-refractivity contribution in [2.75, 3.05) is 0 Å². The summed E-state index contributed by atoms with van der Waals surface area (Å²) in [6, 6.07) is 0. The molecule has 0 fully saturated rings. The first-order valence-corrected chi connectivity index (χ1v) is 5.42. The monoisotopic (exact) mass is 180 g/mol. The van der Waals surface area contributed by atoms with E-state index < -0.39 is 0 Å². The van der Waals surface area contributed by atoms with Crippen LogP contribution in [0, 0.1) is 11.8 Å². The molecule has 0 rings (SSSR count). The van der Waals surface area contributed by atoms with E-state index in [0.29, 0.717) is 5.92 Å². The topological polar surface area (TPSA) is 0 Å². The molecule has 0 unspecified atom stereocenters. The van der Waals surface area contributed by atoms with E-state index in [1.54, 1.807) is 0 Å². The molecule has 0 aliphatic carbocycles. The first kappa shape index (κ1) is 12.5. The van der Waals surface area contributed by atoms with Gasteiger partial charge in [-0.15, -0.1) is 0 Å². The summed E-state index contributed by atoms with van der Waals surface area (Å²) < 4.78 is 0. The Morgan fingerprint density at radius 2 is 1.92 bits per heavy atom. The number of hydrogen-bond acceptors (Lipinski definition) is 0. The molecule has 0 amide bonds. The molecule has 0 bridgehead atoms. The van der Waals surface area contributed by atoms with Gasteiger partial charge in [-0.2, -0.15) is 0 Å². The van der Waals surface area contributed by atoms with Gasteiger partial charge in [0.1, 0.15) is 0 Å². The molecule has 0 aliphatic rings. The van der Waals surface area contributed by atoms with Crippen molar-refractivity contribution in [3.63, 3.8) is 0 Å². The molecule has 13 heavy (non-hydrogen) atoms. The molecule has 0 N–H and O–H groups in total. The lowest BCUT2D eigenvalue weighted by Gasteiger charge is -2.15. The predicted molar refractivity (Wildman–Crippen MR) is 61.8 cm³/mol. The Morgan fingerprint density at radius 3 is 2.38 bits per heavy atom. The van der Waals surface area contributed by atoms with E-state index in [9.17, 15) is 0 Å². The van der Waals surface area contributed by atoms with Crippen molar-refractivity contribution >= 4 is 0 Å². The SMILES string of the molecule is C/C=C\C(C)=C\[C@H](C)[C@@H](C)CCC. The van der Waals surface area contributed by atoms with E-state index in [2.05, 4.69) is 52.8 Å². The maximum atomic E-state index is 2.38. The zero-order valence-corrected chi connectivity index (χ0v) is 9.80. The summed E-state index contributed by atoms with van der Waals surface area (Å²) in [6.45, 7) is 11.2. The third kappa shape index (κ3) is 5.68. The minimum Gasteiger partial charge on any atom is -0.0874 e. The van der Waals surface area contributed by atoms with E-state index in [1.165, 1.54) is 18.4 Å². The smallest absolute Gasteiger partial charge is 0.0230 e.